The molecule has 2 heterocycles. The van der Waals surface area contributed by atoms with Crippen LogP contribution in [0.3, 0.4) is 0 Å². The second-order valence-corrected chi connectivity index (χ2v) is 4.69. The van der Waals surface area contributed by atoms with Crippen LogP contribution in [0.1, 0.15) is 28.6 Å². The van der Waals surface area contributed by atoms with E-state index in [0.29, 0.717) is 31.2 Å². The predicted molar refractivity (Wildman–Crippen MR) is 76.8 cm³/mol. The molecule has 0 N–H and O–H groups in total. The van der Waals surface area contributed by atoms with Crippen LogP contribution in [-0.4, -0.2) is 25.8 Å². The molecule has 0 bridgehead atoms. The van der Waals surface area contributed by atoms with Gasteiger partial charge in [-0.2, -0.15) is 0 Å². The maximum atomic E-state index is 11.8. The summed E-state index contributed by atoms with van der Waals surface area (Å²) in [6, 6.07) is 5.62. The van der Waals surface area contributed by atoms with Gasteiger partial charge >= 0.3 is 5.97 Å². The summed E-state index contributed by atoms with van der Waals surface area (Å²) in [5, 5.41) is 0.866. The van der Waals surface area contributed by atoms with E-state index in [1.54, 1.807) is 13.2 Å². The van der Waals surface area contributed by atoms with Gasteiger partial charge < -0.3 is 18.6 Å². The van der Waals surface area contributed by atoms with Crippen molar-refractivity contribution >= 4 is 22.7 Å². The zero-order valence-corrected chi connectivity index (χ0v) is 12.0. The van der Waals surface area contributed by atoms with E-state index in [9.17, 15) is 4.79 Å². The van der Waals surface area contributed by atoms with Crippen LogP contribution < -0.4 is 0 Å². The topological polar surface area (TPSA) is 57.9 Å². The predicted octanol–water partition coefficient (Wildman–Crippen LogP) is 3.26. The number of rotatable bonds is 3. The first-order chi connectivity index (χ1) is 10.2. The second kappa shape index (κ2) is 5.52. The van der Waals surface area contributed by atoms with Crippen LogP contribution in [0, 0.1) is 6.92 Å². The van der Waals surface area contributed by atoms with E-state index < -0.39 is 5.97 Å². The fourth-order valence-electron chi connectivity index (χ4n) is 2.29. The van der Waals surface area contributed by atoms with E-state index in [0.717, 1.165) is 16.5 Å². The van der Waals surface area contributed by atoms with Gasteiger partial charge in [0.05, 0.1) is 6.61 Å². The third kappa shape index (κ3) is 2.46. The molecule has 0 spiro atoms. The summed E-state index contributed by atoms with van der Waals surface area (Å²) in [7, 11) is 0. The number of esters is 1. The highest BCUT2D eigenvalue weighted by molar-refractivity contribution is 5.96. The Morgan fingerprint density at radius 2 is 2.19 bits per heavy atom. The van der Waals surface area contributed by atoms with E-state index >= 15 is 0 Å². The number of carbonyl (C=O) groups is 1. The molecule has 0 amide bonds. The second-order valence-electron chi connectivity index (χ2n) is 4.69. The molecule has 5 nitrogen and oxygen atoms in total. The summed E-state index contributed by atoms with van der Waals surface area (Å²) in [4.78, 5) is 11.8. The molecule has 0 radical (unpaired) electrons. The minimum absolute atomic E-state index is 0.249. The van der Waals surface area contributed by atoms with Crippen molar-refractivity contribution in [3.8, 4) is 0 Å². The Hall–Kier alpha value is -2.43. The Morgan fingerprint density at radius 3 is 2.90 bits per heavy atom. The van der Waals surface area contributed by atoms with Gasteiger partial charge in [0.15, 0.2) is 5.76 Å². The monoisotopic (exact) mass is 288 g/mol. The lowest BCUT2D eigenvalue weighted by atomic mass is 10.1. The summed E-state index contributed by atoms with van der Waals surface area (Å²) >= 11 is 0. The summed E-state index contributed by atoms with van der Waals surface area (Å²) in [6.45, 7) is 5.01. The molecular formula is C16H16O5. The highest BCUT2D eigenvalue weighted by atomic mass is 16.6. The molecule has 2 aromatic rings. The summed E-state index contributed by atoms with van der Waals surface area (Å²) < 4.78 is 21.4. The lowest BCUT2D eigenvalue weighted by molar-refractivity contribution is 0.0491. The van der Waals surface area contributed by atoms with Crippen molar-refractivity contribution in [1.82, 2.24) is 0 Å². The molecule has 0 saturated carbocycles. The number of carbonyl (C=O) groups excluding carboxylic acids is 1. The molecule has 21 heavy (non-hydrogen) atoms. The lowest BCUT2D eigenvalue weighted by Gasteiger charge is -2.15. The first-order valence-electron chi connectivity index (χ1n) is 6.86. The molecule has 110 valence electrons. The van der Waals surface area contributed by atoms with Gasteiger partial charge in [-0.1, -0.05) is 0 Å². The van der Waals surface area contributed by atoms with E-state index in [2.05, 4.69) is 0 Å². The highest BCUT2D eigenvalue weighted by Gasteiger charge is 2.19. The number of hydrogen-bond acceptors (Lipinski definition) is 5. The minimum Gasteiger partial charge on any atom is -0.494 e. The Bertz CT molecular complexity index is 711. The SMILES string of the molecule is CCOC(=O)c1oc2ccc(C3=COCCO3)cc2c1C. The third-order valence-corrected chi connectivity index (χ3v) is 3.33. The quantitative estimate of drug-likeness (QED) is 0.811. The van der Waals surface area contributed by atoms with Gasteiger partial charge in [-0.05, 0) is 32.0 Å². The van der Waals surface area contributed by atoms with Gasteiger partial charge in [0.1, 0.15) is 25.1 Å². The number of ether oxygens (including phenoxy) is 3. The van der Waals surface area contributed by atoms with Gasteiger partial charge in [0.25, 0.3) is 0 Å². The summed E-state index contributed by atoms with van der Waals surface area (Å²) in [5.41, 5.74) is 2.31. The standard InChI is InChI=1S/C16H16O5/c1-3-19-16(17)15-10(2)12-8-11(4-5-13(12)21-15)14-9-18-6-7-20-14/h4-5,8-9H,3,6-7H2,1-2H3. The van der Waals surface area contributed by atoms with Gasteiger partial charge in [-0.25, -0.2) is 4.79 Å². The fraction of sp³-hybridized carbons (Fsp3) is 0.312. The maximum Gasteiger partial charge on any atom is 0.374 e. The van der Waals surface area contributed by atoms with Crippen molar-refractivity contribution in [1.29, 1.82) is 0 Å². The van der Waals surface area contributed by atoms with Crippen LogP contribution in [0.25, 0.3) is 16.7 Å². The van der Waals surface area contributed by atoms with E-state index in [-0.39, 0.29) is 5.76 Å². The van der Waals surface area contributed by atoms with E-state index in [4.69, 9.17) is 18.6 Å². The smallest absolute Gasteiger partial charge is 0.374 e. The lowest BCUT2D eigenvalue weighted by Crippen LogP contribution is -2.07. The first-order valence-corrected chi connectivity index (χ1v) is 6.86. The molecule has 1 aliphatic rings. The fourth-order valence-corrected chi connectivity index (χ4v) is 2.29. The van der Waals surface area contributed by atoms with Crippen molar-refractivity contribution in [3.05, 3.63) is 41.3 Å². The molecule has 5 heteroatoms. The van der Waals surface area contributed by atoms with E-state index in [1.165, 1.54) is 0 Å². The van der Waals surface area contributed by atoms with Crippen LogP contribution in [0.5, 0.6) is 0 Å². The van der Waals surface area contributed by atoms with Crippen molar-refractivity contribution in [2.24, 2.45) is 0 Å². The van der Waals surface area contributed by atoms with Gasteiger partial charge in [0, 0.05) is 16.5 Å². The molecule has 1 aromatic heterocycles. The minimum atomic E-state index is -0.441. The average Bonchev–Trinajstić information content (AvgIpc) is 2.85. The number of benzene rings is 1. The zero-order chi connectivity index (χ0) is 14.8. The van der Waals surface area contributed by atoms with Crippen LogP contribution in [0.2, 0.25) is 0 Å². The van der Waals surface area contributed by atoms with Crippen molar-refractivity contribution in [3.63, 3.8) is 0 Å². The molecule has 0 fully saturated rings. The average molecular weight is 288 g/mol. The Morgan fingerprint density at radius 1 is 1.33 bits per heavy atom. The largest absolute Gasteiger partial charge is 0.494 e. The Balaban J connectivity index is 2.03. The van der Waals surface area contributed by atoms with Gasteiger partial charge in [0.2, 0.25) is 5.76 Å². The number of fused-ring (bicyclic) bond motifs is 1. The molecular weight excluding hydrogens is 272 g/mol. The number of hydrogen-bond donors (Lipinski definition) is 0. The highest BCUT2D eigenvalue weighted by Crippen LogP contribution is 2.29. The normalized spacial score (nSPS) is 14.3. The molecule has 0 aliphatic carbocycles. The van der Waals surface area contributed by atoms with Gasteiger partial charge in [-0.15, -0.1) is 0 Å². The molecule has 1 aliphatic heterocycles. The number of aryl methyl sites for hydroxylation is 1. The van der Waals surface area contributed by atoms with Crippen molar-refractivity contribution < 1.29 is 23.4 Å². The summed E-state index contributed by atoms with van der Waals surface area (Å²) in [6.07, 6.45) is 1.60. The molecule has 0 atom stereocenters. The number of furan rings is 1. The molecule has 0 unspecified atom stereocenters. The Kier molecular flexibility index (Phi) is 3.56. The zero-order valence-electron chi connectivity index (χ0n) is 12.0. The van der Waals surface area contributed by atoms with Crippen LogP contribution >= 0.6 is 0 Å². The van der Waals surface area contributed by atoms with Gasteiger partial charge in [-0.3, -0.25) is 0 Å². The van der Waals surface area contributed by atoms with Crippen molar-refractivity contribution in [2.45, 2.75) is 13.8 Å². The van der Waals surface area contributed by atoms with Crippen LogP contribution in [0.4, 0.5) is 0 Å². The van der Waals surface area contributed by atoms with Crippen molar-refractivity contribution in [2.75, 3.05) is 19.8 Å². The first kappa shape index (κ1) is 13.5. The molecule has 0 saturated heterocycles. The van der Waals surface area contributed by atoms with E-state index in [1.807, 2.05) is 25.1 Å². The maximum absolute atomic E-state index is 11.8. The molecule has 1 aromatic carbocycles. The third-order valence-electron chi connectivity index (χ3n) is 3.33. The Labute approximate surface area is 122 Å². The van der Waals surface area contributed by atoms with Crippen LogP contribution in [0.15, 0.2) is 28.9 Å². The molecule has 3 rings (SSSR count). The van der Waals surface area contributed by atoms with Crippen LogP contribution in [-0.2, 0) is 14.2 Å². The summed E-state index contributed by atoms with van der Waals surface area (Å²) in [5.74, 6) is 0.490.